The van der Waals surface area contributed by atoms with Crippen LogP contribution in [0.5, 0.6) is 5.75 Å². The van der Waals surface area contributed by atoms with Crippen molar-refractivity contribution in [3.05, 3.63) is 106 Å². The van der Waals surface area contributed by atoms with Gasteiger partial charge in [-0.15, -0.1) is 0 Å². The molecule has 37 heavy (non-hydrogen) atoms. The van der Waals surface area contributed by atoms with Crippen LogP contribution in [0.1, 0.15) is 40.8 Å². The average molecular weight is 499 g/mol. The summed E-state index contributed by atoms with van der Waals surface area (Å²) in [7, 11) is 3.84. The van der Waals surface area contributed by atoms with Crippen LogP contribution in [0.25, 0.3) is 5.76 Å². The van der Waals surface area contributed by atoms with Gasteiger partial charge in [0.2, 0.25) is 0 Å². The summed E-state index contributed by atoms with van der Waals surface area (Å²) >= 11 is 0. The molecule has 1 N–H and O–H groups in total. The molecule has 0 spiro atoms. The molecule has 1 aliphatic rings. The molecule has 0 aromatic heterocycles. The lowest BCUT2D eigenvalue weighted by Gasteiger charge is -2.26. The van der Waals surface area contributed by atoms with Crippen molar-refractivity contribution in [2.24, 2.45) is 0 Å². The molecular weight excluding hydrogens is 464 g/mol. The first-order valence-electron chi connectivity index (χ1n) is 12.6. The zero-order valence-electron chi connectivity index (χ0n) is 21.9. The third-order valence-corrected chi connectivity index (χ3v) is 6.72. The minimum absolute atomic E-state index is 0.116. The standard InChI is InChI=1S/C31H34N2O4/c1-5-22-11-13-24(14-12-22)28-27(30(35)31(36)33(28)18-17-32(3)4)29(34)25-15-16-26(21(2)19-25)37-20-23-9-7-6-8-10-23/h6-16,19,28,34H,5,17-18,20H2,1-4H3/t28-/m1/s1. The highest BCUT2D eigenvalue weighted by Crippen LogP contribution is 2.39. The first-order valence-corrected chi connectivity index (χ1v) is 12.6. The van der Waals surface area contributed by atoms with E-state index >= 15 is 0 Å². The largest absolute Gasteiger partial charge is 0.507 e. The Balaban J connectivity index is 1.69. The van der Waals surface area contributed by atoms with E-state index in [0.717, 1.165) is 28.7 Å². The number of likely N-dealkylation sites (tertiary alicyclic amines) is 1. The van der Waals surface area contributed by atoms with Crippen LogP contribution in [0.4, 0.5) is 0 Å². The van der Waals surface area contributed by atoms with Crippen molar-refractivity contribution in [3.63, 3.8) is 0 Å². The third-order valence-electron chi connectivity index (χ3n) is 6.72. The number of carbonyl (C=O) groups is 2. The van der Waals surface area contributed by atoms with Crippen LogP contribution in [0, 0.1) is 6.92 Å². The molecule has 1 heterocycles. The Labute approximate surface area is 218 Å². The molecule has 0 unspecified atom stereocenters. The van der Waals surface area contributed by atoms with Crippen molar-refractivity contribution in [1.82, 2.24) is 9.80 Å². The Kier molecular flexibility index (Phi) is 8.09. The summed E-state index contributed by atoms with van der Waals surface area (Å²) in [5, 5.41) is 11.4. The maximum absolute atomic E-state index is 13.2. The SMILES string of the molecule is CCc1ccc([C@@H]2C(=C(O)c3ccc(OCc4ccccc4)c(C)c3)C(=O)C(=O)N2CCN(C)C)cc1. The normalized spacial score (nSPS) is 17.0. The summed E-state index contributed by atoms with van der Waals surface area (Å²) in [5.74, 6) is -0.734. The quantitative estimate of drug-likeness (QED) is 0.252. The predicted molar refractivity (Wildman–Crippen MR) is 145 cm³/mol. The van der Waals surface area contributed by atoms with Crippen molar-refractivity contribution < 1.29 is 19.4 Å². The summed E-state index contributed by atoms with van der Waals surface area (Å²) in [6.45, 7) is 5.38. The lowest BCUT2D eigenvalue weighted by atomic mass is 9.94. The second-order valence-corrected chi connectivity index (χ2v) is 9.65. The van der Waals surface area contributed by atoms with Gasteiger partial charge in [-0.3, -0.25) is 9.59 Å². The van der Waals surface area contributed by atoms with Crippen molar-refractivity contribution >= 4 is 17.4 Å². The third kappa shape index (κ3) is 5.75. The van der Waals surface area contributed by atoms with Crippen molar-refractivity contribution in [3.8, 4) is 5.75 Å². The number of hydrogen-bond donors (Lipinski definition) is 1. The van der Waals surface area contributed by atoms with E-state index in [9.17, 15) is 14.7 Å². The van der Waals surface area contributed by atoms with Gasteiger partial charge in [0.25, 0.3) is 11.7 Å². The van der Waals surface area contributed by atoms with Gasteiger partial charge < -0.3 is 19.6 Å². The highest BCUT2D eigenvalue weighted by Gasteiger charge is 2.45. The number of amides is 1. The van der Waals surface area contributed by atoms with E-state index in [2.05, 4.69) is 6.92 Å². The number of carbonyl (C=O) groups excluding carboxylic acids is 2. The van der Waals surface area contributed by atoms with Crippen LogP contribution in [-0.2, 0) is 22.6 Å². The molecule has 0 aliphatic carbocycles. The molecule has 0 radical (unpaired) electrons. The molecule has 6 heteroatoms. The lowest BCUT2D eigenvalue weighted by Crippen LogP contribution is -2.35. The first kappa shape index (κ1) is 26.2. The van der Waals surface area contributed by atoms with Gasteiger partial charge in [0, 0.05) is 18.7 Å². The fraction of sp³-hybridized carbons (Fsp3) is 0.290. The topological polar surface area (TPSA) is 70.1 Å². The molecule has 6 nitrogen and oxygen atoms in total. The Bertz CT molecular complexity index is 1300. The molecule has 192 valence electrons. The van der Waals surface area contributed by atoms with E-state index in [1.165, 1.54) is 0 Å². The average Bonchev–Trinajstić information content (AvgIpc) is 3.16. The Morgan fingerprint density at radius 3 is 2.30 bits per heavy atom. The number of benzene rings is 3. The van der Waals surface area contributed by atoms with Gasteiger partial charge in [-0.1, -0.05) is 61.5 Å². The first-order chi connectivity index (χ1) is 17.8. The monoisotopic (exact) mass is 498 g/mol. The summed E-state index contributed by atoms with van der Waals surface area (Å²) in [4.78, 5) is 29.9. The van der Waals surface area contributed by atoms with Crippen LogP contribution in [-0.4, -0.2) is 53.8 Å². The van der Waals surface area contributed by atoms with Gasteiger partial charge in [0.15, 0.2) is 0 Å². The Morgan fingerprint density at radius 1 is 0.973 bits per heavy atom. The molecule has 3 aromatic rings. The highest BCUT2D eigenvalue weighted by atomic mass is 16.5. The number of aryl methyl sites for hydroxylation is 2. The second kappa shape index (κ2) is 11.4. The molecular formula is C31H34N2O4. The fourth-order valence-electron chi connectivity index (χ4n) is 4.55. The van der Waals surface area contributed by atoms with Crippen LogP contribution in [0.3, 0.4) is 0 Å². The summed E-state index contributed by atoms with van der Waals surface area (Å²) in [6, 6.07) is 22.4. The lowest BCUT2D eigenvalue weighted by molar-refractivity contribution is -0.140. The van der Waals surface area contributed by atoms with E-state index in [0.29, 0.717) is 31.0 Å². The number of hydrogen-bond acceptors (Lipinski definition) is 5. The van der Waals surface area contributed by atoms with Gasteiger partial charge in [0.05, 0.1) is 11.6 Å². The van der Waals surface area contributed by atoms with Gasteiger partial charge in [-0.2, -0.15) is 0 Å². The van der Waals surface area contributed by atoms with Crippen LogP contribution in [0.2, 0.25) is 0 Å². The zero-order valence-corrected chi connectivity index (χ0v) is 21.9. The van der Waals surface area contributed by atoms with Crippen LogP contribution in [0.15, 0.2) is 78.4 Å². The molecule has 1 atom stereocenters. The molecule has 4 rings (SSSR count). The van der Waals surface area contributed by atoms with E-state index in [1.807, 2.05) is 80.5 Å². The minimum atomic E-state index is -0.664. The van der Waals surface area contributed by atoms with Gasteiger partial charge >= 0.3 is 0 Å². The predicted octanol–water partition coefficient (Wildman–Crippen LogP) is 5.12. The van der Waals surface area contributed by atoms with E-state index in [-0.39, 0.29) is 11.3 Å². The van der Waals surface area contributed by atoms with Crippen molar-refractivity contribution in [2.45, 2.75) is 32.9 Å². The number of nitrogens with zero attached hydrogens (tertiary/aromatic N) is 2. The summed E-state index contributed by atoms with van der Waals surface area (Å²) in [5.41, 5.74) is 4.44. The fourth-order valence-corrected chi connectivity index (χ4v) is 4.55. The minimum Gasteiger partial charge on any atom is -0.507 e. The van der Waals surface area contributed by atoms with Crippen molar-refractivity contribution in [2.75, 3.05) is 27.2 Å². The molecule has 1 fully saturated rings. The summed E-state index contributed by atoms with van der Waals surface area (Å²) in [6.07, 6.45) is 0.888. The van der Waals surface area contributed by atoms with E-state index in [4.69, 9.17) is 4.74 Å². The molecule has 1 aliphatic heterocycles. The molecule has 1 amide bonds. The molecule has 0 saturated carbocycles. The van der Waals surface area contributed by atoms with Crippen LogP contribution < -0.4 is 4.74 Å². The van der Waals surface area contributed by atoms with Crippen molar-refractivity contribution in [1.29, 1.82) is 0 Å². The maximum Gasteiger partial charge on any atom is 0.295 e. The molecule has 0 bridgehead atoms. The number of rotatable bonds is 9. The van der Waals surface area contributed by atoms with Gasteiger partial charge in [-0.25, -0.2) is 0 Å². The molecule has 3 aromatic carbocycles. The smallest absolute Gasteiger partial charge is 0.295 e. The Hall–Kier alpha value is -3.90. The van der Waals surface area contributed by atoms with Gasteiger partial charge in [-0.05, 0) is 67.9 Å². The van der Waals surface area contributed by atoms with Crippen LogP contribution >= 0.6 is 0 Å². The van der Waals surface area contributed by atoms with E-state index in [1.54, 1.807) is 23.1 Å². The van der Waals surface area contributed by atoms with Gasteiger partial charge in [0.1, 0.15) is 18.1 Å². The zero-order chi connectivity index (χ0) is 26.5. The maximum atomic E-state index is 13.2. The highest BCUT2D eigenvalue weighted by molar-refractivity contribution is 6.46. The Morgan fingerprint density at radius 2 is 1.68 bits per heavy atom. The number of ketones is 1. The van der Waals surface area contributed by atoms with E-state index < -0.39 is 17.7 Å². The number of aliphatic hydroxyl groups is 1. The number of Topliss-reactive ketones (excluding diaryl/α,β-unsaturated/α-hetero) is 1. The molecule has 1 saturated heterocycles. The summed E-state index contributed by atoms with van der Waals surface area (Å²) < 4.78 is 5.97. The number of likely N-dealkylation sites (N-methyl/N-ethyl adjacent to an activating group) is 1. The number of ether oxygens (including phenoxy) is 1. The number of aliphatic hydroxyl groups excluding tert-OH is 1. The second-order valence-electron chi connectivity index (χ2n) is 9.65.